The summed E-state index contributed by atoms with van der Waals surface area (Å²) in [4.78, 5) is 0. The molecule has 0 saturated heterocycles. The van der Waals surface area contributed by atoms with E-state index in [0.29, 0.717) is 18.9 Å². The molecule has 0 aliphatic rings. The molecule has 0 aliphatic carbocycles. The van der Waals surface area contributed by atoms with Crippen molar-refractivity contribution in [1.29, 1.82) is 0 Å². The van der Waals surface area contributed by atoms with Gasteiger partial charge in [0.05, 0.1) is 12.3 Å². The zero-order valence-corrected chi connectivity index (χ0v) is 14.1. The SMILES string of the molecule is CCOc1cc(F)ccc1NCc1ccc(Br)c(Br)c1. The molecule has 0 saturated carbocycles. The number of rotatable bonds is 5. The Hall–Kier alpha value is -1.07. The van der Waals surface area contributed by atoms with Crippen molar-refractivity contribution in [1.82, 2.24) is 0 Å². The van der Waals surface area contributed by atoms with Crippen LogP contribution in [0.15, 0.2) is 45.3 Å². The molecule has 5 heteroatoms. The van der Waals surface area contributed by atoms with Gasteiger partial charge < -0.3 is 10.1 Å². The van der Waals surface area contributed by atoms with Crippen LogP contribution in [0.25, 0.3) is 0 Å². The summed E-state index contributed by atoms with van der Waals surface area (Å²) in [7, 11) is 0. The van der Waals surface area contributed by atoms with Crippen LogP contribution in [-0.4, -0.2) is 6.61 Å². The van der Waals surface area contributed by atoms with Crippen molar-refractivity contribution in [3.05, 3.63) is 56.7 Å². The van der Waals surface area contributed by atoms with Crippen LogP contribution in [-0.2, 0) is 6.54 Å². The van der Waals surface area contributed by atoms with Gasteiger partial charge in [0, 0.05) is 21.6 Å². The first-order valence-electron chi connectivity index (χ1n) is 6.20. The molecule has 2 aromatic rings. The Bertz CT molecular complexity index is 604. The predicted octanol–water partition coefficient (Wildman–Crippen LogP) is 5.36. The van der Waals surface area contributed by atoms with Crippen molar-refractivity contribution in [2.75, 3.05) is 11.9 Å². The van der Waals surface area contributed by atoms with Crippen molar-refractivity contribution in [3.63, 3.8) is 0 Å². The summed E-state index contributed by atoms with van der Waals surface area (Å²) in [6.45, 7) is 3.01. The average Bonchev–Trinajstić information content (AvgIpc) is 2.42. The quantitative estimate of drug-likeness (QED) is 0.726. The second-order valence-corrected chi connectivity index (χ2v) is 5.88. The topological polar surface area (TPSA) is 21.3 Å². The Balaban J connectivity index is 2.11. The number of hydrogen-bond acceptors (Lipinski definition) is 2. The molecule has 0 amide bonds. The molecule has 20 heavy (non-hydrogen) atoms. The third-order valence-corrected chi connectivity index (χ3v) is 4.59. The molecular weight excluding hydrogens is 389 g/mol. The molecule has 0 bridgehead atoms. The molecule has 0 aromatic heterocycles. The minimum atomic E-state index is -0.301. The van der Waals surface area contributed by atoms with Crippen molar-refractivity contribution >= 4 is 37.5 Å². The molecule has 0 aliphatic heterocycles. The largest absolute Gasteiger partial charge is 0.492 e. The molecule has 1 N–H and O–H groups in total. The van der Waals surface area contributed by atoms with E-state index < -0.39 is 0 Å². The smallest absolute Gasteiger partial charge is 0.145 e. The fourth-order valence-electron chi connectivity index (χ4n) is 1.76. The number of nitrogens with one attached hydrogen (secondary N) is 1. The molecular formula is C15H14Br2FNO. The van der Waals surface area contributed by atoms with Crippen LogP contribution < -0.4 is 10.1 Å². The molecule has 0 radical (unpaired) electrons. The fourth-order valence-corrected chi connectivity index (χ4v) is 2.44. The van der Waals surface area contributed by atoms with E-state index in [-0.39, 0.29) is 5.82 Å². The zero-order chi connectivity index (χ0) is 14.5. The summed E-state index contributed by atoms with van der Waals surface area (Å²) in [5, 5.41) is 3.26. The van der Waals surface area contributed by atoms with Crippen LogP contribution in [0.5, 0.6) is 5.75 Å². The summed E-state index contributed by atoms with van der Waals surface area (Å²) >= 11 is 6.91. The number of hydrogen-bond donors (Lipinski definition) is 1. The van der Waals surface area contributed by atoms with Gasteiger partial charge in [-0.3, -0.25) is 0 Å². The Morgan fingerprint density at radius 3 is 2.60 bits per heavy atom. The summed E-state index contributed by atoms with van der Waals surface area (Å²) in [6.07, 6.45) is 0. The molecule has 0 fully saturated rings. The highest BCUT2D eigenvalue weighted by atomic mass is 79.9. The Labute approximate surface area is 134 Å². The van der Waals surface area contributed by atoms with Crippen LogP contribution in [0.3, 0.4) is 0 Å². The van der Waals surface area contributed by atoms with E-state index in [9.17, 15) is 4.39 Å². The Kier molecular flexibility index (Phi) is 5.43. The van der Waals surface area contributed by atoms with Crippen LogP contribution in [0.2, 0.25) is 0 Å². The molecule has 0 atom stereocenters. The molecule has 0 heterocycles. The maximum absolute atomic E-state index is 13.2. The molecule has 0 spiro atoms. The van der Waals surface area contributed by atoms with Gasteiger partial charge in [-0.15, -0.1) is 0 Å². The molecule has 2 rings (SSSR count). The highest BCUT2D eigenvalue weighted by molar-refractivity contribution is 9.13. The highest BCUT2D eigenvalue weighted by Crippen LogP contribution is 2.27. The first kappa shape index (κ1) is 15.3. The van der Waals surface area contributed by atoms with E-state index in [2.05, 4.69) is 37.2 Å². The number of anilines is 1. The third kappa shape index (κ3) is 3.96. The second kappa shape index (κ2) is 7.09. The number of ether oxygens (including phenoxy) is 1. The van der Waals surface area contributed by atoms with Gasteiger partial charge in [0.2, 0.25) is 0 Å². The van der Waals surface area contributed by atoms with Gasteiger partial charge in [-0.25, -0.2) is 4.39 Å². The Morgan fingerprint density at radius 1 is 1.10 bits per heavy atom. The number of benzene rings is 2. The minimum absolute atomic E-state index is 0.301. The van der Waals surface area contributed by atoms with Crippen molar-refractivity contribution in [2.24, 2.45) is 0 Å². The summed E-state index contributed by atoms with van der Waals surface area (Å²) < 4.78 is 20.7. The first-order chi connectivity index (χ1) is 9.60. The summed E-state index contributed by atoms with van der Waals surface area (Å²) in [6, 6.07) is 10.5. The van der Waals surface area contributed by atoms with E-state index in [4.69, 9.17) is 4.74 Å². The fraction of sp³-hybridized carbons (Fsp3) is 0.200. The minimum Gasteiger partial charge on any atom is -0.492 e. The monoisotopic (exact) mass is 401 g/mol. The maximum Gasteiger partial charge on any atom is 0.145 e. The van der Waals surface area contributed by atoms with E-state index in [1.807, 2.05) is 25.1 Å². The standard InChI is InChI=1S/C15H14Br2FNO/c1-2-20-15-8-11(18)4-6-14(15)19-9-10-3-5-12(16)13(17)7-10/h3-8,19H,2,9H2,1H3. The van der Waals surface area contributed by atoms with Gasteiger partial charge in [0.1, 0.15) is 11.6 Å². The van der Waals surface area contributed by atoms with Gasteiger partial charge in [-0.2, -0.15) is 0 Å². The molecule has 2 aromatic carbocycles. The zero-order valence-electron chi connectivity index (χ0n) is 10.9. The van der Waals surface area contributed by atoms with E-state index in [1.165, 1.54) is 12.1 Å². The first-order valence-corrected chi connectivity index (χ1v) is 7.79. The third-order valence-electron chi connectivity index (χ3n) is 2.71. The molecule has 0 unspecified atom stereocenters. The number of halogens is 3. The van der Waals surface area contributed by atoms with Crippen LogP contribution >= 0.6 is 31.9 Å². The van der Waals surface area contributed by atoms with Gasteiger partial charge in [0.25, 0.3) is 0 Å². The van der Waals surface area contributed by atoms with Crippen LogP contribution in [0.1, 0.15) is 12.5 Å². The van der Waals surface area contributed by atoms with Gasteiger partial charge in [0.15, 0.2) is 0 Å². The average molecular weight is 403 g/mol. The Morgan fingerprint density at radius 2 is 1.90 bits per heavy atom. The lowest BCUT2D eigenvalue weighted by molar-refractivity contribution is 0.340. The maximum atomic E-state index is 13.2. The van der Waals surface area contributed by atoms with Gasteiger partial charge in [-0.1, -0.05) is 6.07 Å². The summed E-state index contributed by atoms with van der Waals surface area (Å²) in [5.74, 6) is 0.231. The second-order valence-electron chi connectivity index (χ2n) is 4.18. The van der Waals surface area contributed by atoms with E-state index in [0.717, 1.165) is 20.2 Å². The van der Waals surface area contributed by atoms with E-state index in [1.54, 1.807) is 6.07 Å². The lowest BCUT2D eigenvalue weighted by atomic mass is 10.2. The van der Waals surface area contributed by atoms with Gasteiger partial charge in [-0.05, 0) is 68.6 Å². The normalized spacial score (nSPS) is 10.4. The highest BCUT2D eigenvalue weighted by Gasteiger charge is 2.05. The predicted molar refractivity (Wildman–Crippen MR) is 86.7 cm³/mol. The van der Waals surface area contributed by atoms with Crippen molar-refractivity contribution in [2.45, 2.75) is 13.5 Å². The lowest BCUT2D eigenvalue weighted by Gasteiger charge is -2.13. The van der Waals surface area contributed by atoms with Crippen molar-refractivity contribution in [3.8, 4) is 5.75 Å². The lowest BCUT2D eigenvalue weighted by Crippen LogP contribution is -2.03. The molecule has 2 nitrogen and oxygen atoms in total. The molecule has 106 valence electrons. The van der Waals surface area contributed by atoms with Crippen LogP contribution in [0.4, 0.5) is 10.1 Å². The summed E-state index contributed by atoms with van der Waals surface area (Å²) in [5.41, 5.74) is 1.90. The van der Waals surface area contributed by atoms with E-state index >= 15 is 0 Å². The van der Waals surface area contributed by atoms with Gasteiger partial charge >= 0.3 is 0 Å². The van der Waals surface area contributed by atoms with Crippen LogP contribution in [0, 0.1) is 5.82 Å². The van der Waals surface area contributed by atoms with Crippen molar-refractivity contribution < 1.29 is 9.13 Å².